The van der Waals surface area contributed by atoms with Gasteiger partial charge in [-0.3, -0.25) is 10.1 Å². The van der Waals surface area contributed by atoms with E-state index in [1.165, 1.54) is 55.4 Å². The Balaban J connectivity index is 1.69. The zero-order chi connectivity index (χ0) is 15.8. The molecule has 0 saturated heterocycles. The number of nitrogens with two attached hydrogens (primary N) is 1. The van der Waals surface area contributed by atoms with Crippen LogP contribution in [0.3, 0.4) is 0 Å². The highest BCUT2D eigenvalue weighted by Crippen LogP contribution is 2.61. The summed E-state index contributed by atoms with van der Waals surface area (Å²) in [6.07, 6.45) is 7.73. The first-order valence-electron chi connectivity index (χ1n) is 8.37. The summed E-state index contributed by atoms with van der Waals surface area (Å²) in [4.78, 5) is 15.4. The van der Waals surface area contributed by atoms with Crippen molar-refractivity contribution in [3.05, 3.63) is 27.8 Å². The van der Waals surface area contributed by atoms with E-state index in [1.807, 2.05) is 0 Å². The van der Waals surface area contributed by atoms with Gasteiger partial charge in [0.1, 0.15) is 0 Å². The van der Waals surface area contributed by atoms with E-state index >= 15 is 0 Å². The third-order valence-corrected chi connectivity index (χ3v) is 7.17. The number of nitro groups is 1. The maximum absolute atomic E-state index is 11.5. The number of nitrogen functional groups attached to an aromatic ring is 1. The molecule has 4 fully saturated rings. The first-order chi connectivity index (χ1) is 11.0. The fourth-order valence-electron chi connectivity index (χ4n) is 5.94. The van der Waals surface area contributed by atoms with Crippen molar-refractivity contribution >= 4 is 32.4 Å². The third-order valence-electron chi connectivity index (χ3n) is 6.34. The number of fused-ring (bicyclic) bond motifs is 1. The Hall–Kier alpha value is -1.69. The Kier molecular flexibility index (Phi) is 2.65. The molecule has 1 aromatic carbocycles. The third kappa shape index (κ3) is 1.94. The van der Waals surface area contributed by atoms with Crippen LogP contribution in [0.4, 0.5) is 10.8 Å². The monoisotopic (exact) mass is 329 g/mol. The second-order valence-corrected chi connectivity index (χ2v) is 8.91. The lowest BCUT2D eigenvalue weighted by Crippen LogP contribution is -2.48. The highest BCUT2D eigenvalue weighted by molar-refractivity contribution is 7.22. The minimum absolute atomic E-state index is 0.126. The number of non-ortho nitro benzene ring substituents is 1. The number of nitrogens with zero attached hydrogens (tertiary/aromatic N) is 2. The van der Waals surface area contributed by atoms with Crippen LogP contribution < -0.4 is 5.73 Å². The van der Waals surface area contributed by atoms with Crippen LogP contribution in [0.5, 0.6) is 0 Å². The van der Waals surface area contributed by atoms with Gasteiger partial charge in [0.2, 0.25) is 0 Å². The SMILES string of the molecule is Nc1nc2c([N+](=O)[O-])cc(C34CC5CC(CC(C5)C3)C4)cc2s1. The van der Waals surface area contributed by atoms with Gasteiger partial charge in [-0.15, -0.1) is 0 Å². The highest BCUT2D eigenvalue weighted by Gasteiger charge is 2.52. The van der Waals surface area contributed by atoms with E-state index in [1.54, 1.807) is 6.07 Å². The van der Waals surface area contributed by atoms with Crippen LogP contribution in [-0.2, 0) is 5.41 Å². The minimum atomic E-state index is -0.300. The van der Waals surface area contributed by atoms with E-state index in [9.17, 15) is 10.1 Å². The van der Waals surface area contributed by atoms with Gasteiger partial charge in [-0.2, -0.15) is 0 Å². The Morgan fingerprint density at radius 3 is 2.35 bits per heavy atom. The molecule has 0 aliphatic heterocycles. The zero-order valence-corrected chi connectivity index (χ0v) is 13.6. The number of nitro benzene ring substituents is 1. The standard InChI is InChI=1S/C17H19N3O2S/c18-16-19-15-13(20(21)22)4-12(5-14(15)23-16)17-6-9-1-10(7-17)3-11(2-9)8-17/h4-5,9-11H,1-3,6-8H2,(H2,18,19). The van der Waals surface area contributed by atoms with Crippen molar-refractivity contribution in [1.29, 1.82) is 0 Å². The van der Waals surface area contributed by atoms with Crippen LogP contribution in [0, 0.1) is 27.9 Å². The molecule has 4 bridgehead atoms. The van der Waals surface area contributed by atoms with E-state index in [-0.39, 0.29) is 16.0 Å². The Morgan fingerprint density at radius 1 is 1.17 bits per heavy atom. The predicted octanol–water partition coefficient (Wildman–Crippen LogP) is 4.25. The molecule has 4 aliphatic rings. The molecule has 0 radical (unpaired) electrons. The summed E-state index contributed by atoms with van der Waals surface area (Å²) >= 11 is 1.36. The van der Waals surface area contributed by atoms with E-state index in [2.05, 4.69) is 11.1 Å². The maximum Gasteiger partial charge on any atom is 0.296 e. The summed E-state index contributed by atoms with van der Waals surface area (Å²) in [5.74, 6) is 2.47. The molecule has 4 aliphatic carbocycles. The molecular weight excluding hydrogens is 310 g/mol. The molecule has 2 aromatic rings. The Morgan fingerprint density at radius 2 is 1.78 bits per heavy atom. The molecule has 1 aromatic heterocycles. The van der Waals surface area contributed by atoms with Gasteiger partial charge in [0.05, 0.1) is 9.62 Å². The lowest BCUT2D eigenvalue weighted by Gasteiger charge is -2.57. The number of rotatable bonds is 2. The van der Waals surface area contributed by atoms with Gasteiger partial charge in [0, 0.05) is 6.07 Å². The number of anilines is 1. The van der Waals surface area contributed by atoms with Crippen molar-refractivity contribution in [2.75, 3.05) is 5.73 Å². The van der Waals surface area contributed by atoms with Gasteiger partial charge in [-0.05, 0) is 73.3 Å². The number of aromatic nitrogens is 1. The summed E-state index contributed by atoms with van der Waals surface area (Å²) < 4.78 is 0.863. The molecule has 6 rings (SSSR count). The van der Waals surface area contributed by atoms with Crippen LogP contribution in [0.25, 0.3) is 10.2 Å². The molecule has 6 heteroatoms. The lowest BCUT2D eigenvalue weighted by atomic mass is 9.48. The highest BCUT2D eigenvalue weighted by atomic mass is 32.1. The molecule has 0 unspecified atom stereocenters. The molecular formula is C17H19N3O2S. The van der Waals surface area contributed by atoms with Crippen molar-refractivity contribution in [2.45, 2.75) is 43.9 Å². The van der Waals surface area contributed by atoms with Gasteiger partial charge in [0.15, 0.2) is 10.6 Å². The number of thiazole rings is 1. The fraction of sp³-hybridized carbons (Fsp3) is 0.588. The van der Waals surface area contributed by atoms with Gasteiger partial charge < -0.3 is 5.73 Å². The van der Waals surface area contributed by atoms with Crippen LogP contribution in [0.15, 0.2) is 12.1 Å². The molecule has 0 atom stereocenters. The average Bonchev–Trinajstić information content (AvgIpc) is 2.84. The smallest absolute Gasteiger partial charge is 0.296 e. The molecule has 1 heterocycles. The first kappa shape index (κ1) is 13.7. The van der Waals surface area contributed by atoms with Crippen molar-refractivity contribution in [3.8, 4) is 0 Å². The second-order valence-electron chi connectivity index (χ2n) is 7.85. The molecule has 23 heavy (non-hydrogen) atoms. The fourth-order valence-corrected chi connectivity index (χ4v) is 6.73. The van der Waals surface area contributed by atoms with Crippen molar-refractivity contribution in [2.24, 2.45) is 17.8 Å². The second kappa shape index (κ2) is 4.44. The van der Waals surface area contributed by atoms with E-state index in [0.717, 1.165) is 22.5 Å². The number of hydrogen-bond donors (Lipinski definition) is 1. The van der Waals surface area contributed by atoms with E-state index in [0.29, 0.717) is 10.6 Å². The summed E-state index contributed by atoms with van der Waals surface area (Å²) in [6, 6.07) is 3.94. The molecule has 120 valence electrons. The Labute approximate surface area is 138 Å². The topological polar surface area (TPSA) is 82.0 Å². The molecule has 0 spiro atoms. The largest absolute Gasteiger partial charge is 0.375 e. The number of benzene rings is 1. The van der Waals surface area contributed by atoms with Crippen molar-refractivity contribution in [3.63, 3.8) is 0 Å². The zero-order valence-electron chi connectivity index (χ0n) is 12.8. The quantitative estimate of drug-likeness (QED) is 0.659. The molecule has 5 nitrogen and oxygen atoms in total. The van der Waals surface area contributed by atoms with Crippen molar-refractivity contribution in [1.82, 2.24) is 4.98 Å². The van der Waals surface area contributed by atoms with Gasteiger partial charge in [0.25, 0.3) is 5.69 Å². The molecule has 0 amide bonds. The summed E-state index contributed by atoms with van der Waals surface area (Å²) in [5, 5.41) is 11.9. The lowest BCUT2D eigenvalue weighted by molar-refractivity contribution is -0.383. The van der Waals surface area contributed by atoms with Crippen LogP contribution in [-0.4, -0.2) is 9.91 Å². The maximum atomic E-state index is 11.5. The van der Waals surface area contributed by atoms with Crippen LogP contribution in [0.2, 0.25) is 0 Å². The van der Waals surface area contributed by atoms with E-state index < -0.39 is 0 Å². The van der Waals surface area contributed by atoms with Crippen LogP contribution in [0.1, 0.15) is 44.1 Å². The summed E-state index contributed by atoms with van der Waals surface area (Å²) in [6.45, 7) is 0. The normalized spacial score (nSPS) is 35.0. The van der Waals surface area contributed by atoms with Gasteiger partial charge >= 0.3 is 0 Å². The van der Waals surface area contributed by atoms with Crippen LogP contribution >= 0.6 is 11.3 Å². The van der Waals surface area contributed by atoms with Gasteiger partial charge in [-0.1, -0.05) is 11.3 Å². The molecule has 2 N–H and O–H groups in total. The average molecular weight is 329 g/mol. The van der Waals surface area contributed by atoms with Crippen molar-refractivity contribution < 1.29 is 4.92 Å². The summed E-state index contributed by atoms with van der Waals surface area (Å²) in [5.41, 5.74) is 7.70. The van der Waals surface area contributed by atoms with E-state index in [4.69, 9.17) is 5.73 Å². The summed E-state index contributed by atoms with van der Waals surface area (Å²) in [7, 11) is 0. The first-order valence-corrected chi connectivity index (χ1v) is 9.19. The number of hydrogen-bond acceptors (Lipinski definition) is 5. The minimum Gasteiger partial charge on any atom is -0.375 e. The van der Waals surface area contributed by atoms with Gasteiger partial charge in [-0.25, -0.2) is 4.98 Å². The predicted molar refractivity (Wildman–Crippen MR) is 90.5 cm³/mol. The Bertz CT molecular complexity index is 793. The molecule has 4 saturated carbocycles.